The van der Waals surface area contributed by atoms with E-state index in [1.54, 1.807) is 16.9 Å². The van der Waals surface area contributed by atoms with Crippen molar-refractivity contribution in [3.8, 4) is 0 Å². The van der Waals surface area contributed by atoms with Crippen LogP contribution in [-0.4, -0.2) is 144 Å². The van der Waals surface area contributed by atoms with Gasteiger partial charge in [0.05, 0.1) is 82.3 Å². The lowest BCUT2D eigenvalue weighted by Gasteiger charge is -2.29. The molecule has 8 rings (SSSR count). The molecule has 3 aliphatic heterocycles. The lowest BCUT2D eigenvalue weighted by Crippen LogP contribution is -2.54. The summed E-state index contributed by atoms with van der Waals surface area (Å²) in [6, 6.07) is 15.8. The Bertz CT molecular complexity index is 2760. The minimum absolute atomic E-state index is 0.0324. The second-order valence-corrected chi connectivity index (χ2v) is 17.1. The second-order valence-electron chi connectivity index (χ2n) is 17.1. The Morgan fingerprint density at radius 1 is 0.786 bits per heavy atom. The molecule has 368 valence electrons. The molecule has 21 heteroatoms. The van der Waals surface area contributed by atoms with Gasteiger partial charge in [0.2, 0.25) is 29.6 Å². The van der Waals surface area contributed by atoms with Crippen molar-refractivity contribution >= 4 is 75.3 Å². The quantitative estimate of drug-likeness (QED) is 0.0465. The Morgan fingerprint density at radius 3 is 2.23 bits per heavy atom. The number of benzene rings is 3. The molecule has 1 unspecified atom stereocenters. The largest absolute Gasteiger partial charge is 0.379 e. The van der Waals surface area contributed by atoms with Crippen LogP contribution in [0.1, 0.15) is 62.2 Å². The highest BCUT2D eigenvalue weighted by Gasteiger charge is 2.44. The second kappa shape index (κ2) is 22.9. The molecule has 0 bridgehead atoms. The van der Waals surface area contributed by atoms with Gasteiger partial charge in [0, 0.05) is 56.4 Å². The number of rotatable bonds is 23. The van der Waals surface area contributed by atoms with E-state index in [4.69, 9.17) is 23.9 Å². The first-order valence-electron chi connectivity index (χ1n) is 23.3. The third-order valence-corrected chi connectivity index (χ3v) is 12.2. The van der Waals surface area contributed by atoms with Crippen molar-refractivity contribution < 1.29 is 47.7 Å². The zero-order valence-corrected chi connectivity index (χ0v) is 39.4. The fraction of sp³-hybridized carbons (Fsp3) is 0.408. The Balaban J connectivity index is 0.638. The van der Waals surface area contributed by atoms with Crippen molar-refractivity contribution in [2.24, 2.45) is 7.05 Å². The SMILES string of the molecule is Cc1cccc(C)c1Nc1nn(C)c2nc(Nc3ccc4c(c3)CN(C(=O)CCOCCOCCOCCOCCNC(=O)CNc3ccc5c(c3)C(=O)N(C3CCC(=O)NC3=O)C5=O)CC4)ncc12. The molecule has 1 fully saturated rings. The van der Waals surface area contributed by atoms with Crippen LogP contribution < -0.4 is 26.6 Å². The molecule has 3 aliphatic rings. The van der Waals surface area contributed by atoms with Crippen LogP contribution >= 0.6 is 0 Å². The topological polar surface area (TPSA) is 250 Å². The fourth-order valence-electron chi connectivity index (χ4n) is 8.47. The number of ether oxygens (including phenoxy) is 4. The summed E-state index contributed by atoms with van der Waals surface area (Å²) in [5.41, 5.74) is 7.79. The maximum absolute atomic E-state index is 13.1. The van der Waals surface area contributed by atoms with E-state index in [0.717, 1.165) is 44.8 Å². The van der Waals surface area contributed by atoms with Gasteiger partial charge in [0.25, 0.3) is 11.8 Å². The zero-order valence-electron chi connectivity index (χ0n) is 39.4. The van der Waals surface area contributed by atoms with Crippen LogP contribution in [0.5, 0.6) is 0 Å². The summed E-state index contributed by atoms with van der Waals surface area (Å²) in [4.78, 5) is 87.3. The fourth-order valence-corrected chi connectivity index (χ4v) is 8.47. The van der Waals surface area contributed by atoms with Crippen LogP contribution in [0.4, 0.5) is 28.8 Å². The van der Waals surface area contributed by atoms with Crippen LogP contribution in [0.2, 0.25) is 0 Å². The molecule has 5 heterocycles. The highest BCUT2D eigenvalue weighted by atomic mass is 16.6. The molecule has 70 heavy (non-hydrogen) atoms. The van der Waals surface area contributed by atoms with E-state index in [2.05, 4.69) is 74.8 Å². The Morgan fingerprint density at radius 2 is 1.49 bits per heavy atom. The molecule has 6 amide bonds. The third kappa shape index (κ3) is 11.9. The Labute approximate surface area is 403 Å². The summed E-state index contributed by atoms with van der Waals surface area (Å²) in [5, 5.41) is 20.1. The highest BCUT2D eigenvalue weighted by molar-refractivity contribution is 6.23. The van der Waals surface area contributed by atoms with Crippen LogP contribution in [0.3, 0.4) is 0 Å². The van der Waals surface area contributed by atoms with Gasteiger partial charge >= 0.3 is 0 Å². The number of imide groups is 2. The van der Waals surface area contributed by atoms with E-state index in [1.807, 2.05) is 24.1 Å². The third-order valence-electron chi connectivity index (χ3n) is 12.2. The van der Waals surface area contributed by atoms with Crippen molar-refractivity contribution in [1.82, 2.24) is 40.2 Å². The molecule has 5 aromatic rings. The van der Waals surface area contributed by atoms with Crippen molar-refractivity contribution in [3.63, 3.8) is 0 Å². The summed E-state index contributed by atoms with van der Waals surface area (Å²) in [7, 11) is 1.86. The molecule has 3 aromatic carbocycles. The number of carbonyl (C=O) groups excluding carboxylic acids is 6. The number of anilines is 5. The van der Waals surface area contributed by atoms with Crippen molar-refractivity contribution in [2.45, 2.75) is 52.1 Å². The number of nitrogens with zero attached hydrogens (tertiary/aromatic N) is 6. The van der Waals surface area contributed by atoms with Crippen molar-refractivity contribution in [3.05, 3.63) is 94.2 Å². The highest BCUT2D eigenvalue weighted by Crippen LogP contribution is 2.31. The maximum Gasteiger partial charge on any atom is 0.262 e. The summed E-state index contributed by atoms with van der Waals surface area (Å²) in [5.74, 6) is -1.48. The summed E-state index contributed by atoms with van der Waals surface area (Å²) >= 11 is 0. The monoisotopic (exact) mass is 959 g/mol. The summed E-state index contributed by atoms with van der Waals surface area (Å²) in [6.45, 7) is 8.17. The lowest BCUT2D eigenvalue weighted by molar-refractivity contribution is -0.136. The van der Waals surface area contributed by atoms with E-state index >= 15 is 0 Å². The van der Waals surface area contributed by atoms with Gasteiger partial charge in [-0.1, -0.05) is 24.3 Å². The van der Waals surface area contributed by atoms with Crippen molar-refractivity contribution in [1.29, 1.82) is 0 Å². The number of aromatic nitrogens is 4. The first-order chi connectivity index (χ1) is 33.9. The molecule has 0 saturated carbocycles. The molecule has 2 aromatic heterocycles. The van der Waals surface area contributed by atoms with Crippen LogP contribution in [-0.2, 0) is 58.1 Å². The van der Waals surface area contributed by atoms with E-state index in [1.165, 1.54) is 17.7 Å². The van der Waals surface area contributed by atoms with E-state index < -0.39 is 29.7 Å². The molecule has 0 spiro atoms. The predicted octanol–water partition coefficient (Wildman–Crippen LogP) is 3.44. The smallest absolute Gasteiger partial charge is 0.262 e. The van der Waals surface area contributed by atoms with Crippen molar-refractivity contribution in [2.75, 3.05) is 88.4 Å². The molecule has 21 nitrogen and oxygen atoms in total. The van der Waals surface area contributed by atoms with Gasteiger partial charge in [-0.05, 0) is 79.3 Å². The van der Waals surface area contributed by atoms with E-state index in [-0.39, 0.29) is 61.9 Å². The molecule has 1 atom stereocenters. The van der Waals surface area contributed by atoms with Gasteiger partial charge in [0.15, 0.2) is 11.5 Å². The molecule has 0 aliphatic carbocycles. The van der Waals surface area contributed by atoms with Crippen LogP contribution in [0.25, 0.3) is 11.0 Å². The standard InChI is InChI=1S/C49H57N11O10/c1-30-5-4-6-31(2)43(30)55-44-38-27-52-49(56-45(38)58(3)57-44)53-35-8-7-32-13-16-59(29-33(32)25-35)42(63)14-17-67-19-21-69-23-24-70-22-20-68-18-15-50-41(62)28-51-34-9-10-36-37(26-34)48(66)60(47(36)65)39-11-12-40(61)54-46(39)64/h4-10,25-27,39,51H,11-24,28-29H2,1-3H3,(H,50,62)(H,55,57)(H,52,53,56)(H,54,61,64). The number of hydrogen-bond donors (Lipinski definition) is 5. The normalized spacial score (nSPS) is 15.5. The van der Waals surface area contributed by atoms with Crippen LogP contribution in [0, 0.1) is 13.8 Å². The number of carbonyl (C=O) groups is 6. The van der Waals surface area contributed by atoms with Gasteiger partial charge in [-0.2, -0.15) is 10.1 Å². The first-order valence-corrected chi connectivity index (χ1v) is 23.3. The average molecular weight is 960 g/mol. The number of aryl methyl sites for hydroxylation is 3. The molecular formula is C49H57N11O10. The molecular weight excluding hydrogens is 903 g/mol. The Kier molecular flexibility index (Phi) is 16.0. The molecule has 5 N–H and O–H groups in total. The lowest BCUT2D eigenvalue weighted by atomic mass is 9.99. The van der Waals surface area contributed by atoms with E-state index in [0.29, 0.717) is 82.4 Å². The molecule has 0 radical (unpaired) electrons. The predicted molar refractivity (Wildman–Crippen MR) is 257 cm³/mol. The zero-order chi connectivity index (χ0) is 49.1. The average Bonchev–Trinajstić information content (AvgIpc) is 3.79. The summed E-state index contributed by atoms with van der Waals surface area (Å²) in [6.07, 6.45) is 2.91. The van der Waals surface area contributed by atoms with Gasteiger partial charge in [-0.15, -0.1) is 0 Å². The number of nitrogens with one attached hydrogen (secondary N) is 5. The number of fused-ring (bicyclic) bond motifs is 3. The van der Waals surface area contributed by atoms with Gasteiger partial charge < -0.3 is 45.1 Å². The number of piperidine rings is 1. The Hall–Kier alpha value is -7.33. The van der Waals surface area contributed by atoms with Gasteiger partial charge in [-0.3, -0.25) is 39.0 Å². The van der Waals surface area contributed by atoms with E-state index in [9.17, 15) is 28.8 Å². The first kappa shape index (κ1) is 49.1. The minimum Gasteiger partial charge on any atom is -0.379 e. The minimum atomic E-state index is -1.05. The van der Waals surface area contributed by atoms with Crippen LogP contribution in [0.15, 0.2) is 60.8 Å². The molecule has 1 saturated heterocycles. The summed E-state index contributed by atoms with van der Waals surface area (Å²) < 4.78 is 24.1. The van der Waals surface area contributed by atoms with Gasteiger partial charge in [0.1, 0.15) is 6.04 Å². The van der Waals surface area contributed by atoms with Gasteiger partial charge in [-0.25, -0.2) is 9.67 Å². The number of para-hydroxylation sites is 1. The maximum atomic E-state index is 13.1. The number of hydrogen-bond acceptors (Lipinski definition) is 16. The number of amides is 6.